The summed E-state index contributed by atoms with van der Waals surface area (Å²) >= 11 is 0. The molecule has 0 aliphatic carbocycles. The lowest BCUT2D eigenvalue weighted by Gasteiger charge is -2.11. The van der Waals surface area contributed by atoms with Crippen molar-refractivity contribution in [2.75, 3.05) is 12.4 Å². The SMILES string of the molecule is COc1cccc(NC(=O)C2CC(c3ccc(F)cc3)NN2)c1. The van der Waals surface area contributed by atoms with Crippen LogP contribution in [-0.4, -0.2) is 19.1 Å². The van der Waals surface area contributed by atoms with Gasteiger partial charge in [0.15, 0.2) is 0 Å². The van der Waals surface area contributed by atoms with Gasteiger partial charge < -0.3 is 10.1 Å². The molecule has 1 aliphatic heterocycles. The van der Waals surface area contributed by atoms with Crippen molar-refractivity contribution in [3.63, 3.8) is 0 Å². The molecule has 6 heteroatoms. The molecule has 2 aromatic carbocycles. The second-order valence-electron chi connectivity index (χ2n) is 5.40. The Bertz CT molecular complexity index is 690. The summed E-state index contributed by atoms with van der Waals surface area (Å²) in [6.45, 7) is 0. The highest BCUT2D eigenvalue weighted by atomic mass is 19.1. The van der Waals surface area contributed by atoms with Crippen LogP contribution in [0.2, 0.25) is 0 Å². The number of halogens is 1. The van der Waals surface area contributed by atoms with Crippen molar-refractivity contribution in [1.82, 2.24) is 10.9 Å². The van der Waals surface area contributed by atoms with Crippen molar-refractivity contribution in [2.24, 2.45) is 0 Å². The monoisotopic (exact) mass is 315 g/mol. The van der Waals surface area contributed by atoms with E-state index in [0.717, 1.165) is 5.56 Å². The summed E-state index contributed by atoms with van der Waals surface area (Å²) in [5.41, 5.74) is 7.68. The van der Waals surface area contributed by atoms with E-state index < -0.39 is 0 Å². The van der Waals surface area contributed by atoms with Crippen LogP contribution in [0.1, 0.15) is 18.0 Å². The standard InChI is InChI=1S/C17H18FN3O2/c1-23-14-4-2-3-13(9-14)19-17(22)16-10-15(20-21-16)11-5-7-12(18)8-6-11/h2-9,15-16,20-21H,10H2,1H3,(H,19,22). The number of amides is 1. The van der Waals surface area contributed by atoms with E-state index in [4.69, 9.17) is 4.74 Å². The number of hydrazine groups is 1. The van der Waals surface area contributed by atoms with Gasteiger partial charge in [-0.1, -0.05) is 18.2 Å². The van der Waals surface area contributed by atoms with E-state index in [-0.39, 0.29) is 23.8 Å². The predicted octanol–water partition coefficient (Wildman–Crippen LogP) is 2.38. The zero-order chi connectivity index (χ0) is 16.2. The van der Waals surface area contributed by atoms with Crippen LogP contribution in [0, 0.1) is 5.82 Å². The van der Waals surface area contributed by atoms with Gasteiger partial charge in [-0.25, -0.2) is 15.2 Å². The molecule has 1 amide bonds. The number of rotatable bonds is 4. The Balaban J connectivity index is 1.61. The second-order valence-corrected chi connectivity index (χ2v) is 5.40. The average Bonchev–Trinajstić information content (AvgIpc) is 3.06. The first kappa shape index (κ1) is 15.5. The van der Waals surface area contributed by atoms with Gasteiger partial charge in [0.1, 0.15) is 17.6 Å². The minimum absolute atomic E-state index is 0.0309. The molecule has 1 aliphatic rings. The molecule has 0 spiro atoms. The molecule has 1 saturated heterocycles. The first-order valence-electron chi connectivity index (χ1n) is 7.37. The number of ether oxygens (including phenoxy) is 1. The molecule has 2 aromatic rings. The molecule has 3 N–H and O–H groups in total. The topological polar surface area (TPSA) is 62.4 Å². The number of anilines is 1. The minimum atomic E-state index is -0.365. The highest BCUT2D eigenvalue weighted by molar-refractivity contribution is 5.95. The van der Waals surface area contributed by atoms with E-state index in [1.165, 1.54) is 12.1 Å². The molecule has 0 bridgehead atoms. The van der Waals surface area contributed by atoms with Crippen molar-refractivity contribution in [2.45, 2.75) is 18.5 Å². The predicted molar refractivity (Wildman–Crippen MR) is 85.4 cm³/mol. The summed E-state index contributed by atoms with van der Waals surface area (Å²) < 4.78 is 18.1. The number of carbonyl (C=O) groups is 1. The second kappa shape index (κ2) is 6.76. The van der Waals surface area contributed by atoms with Crippen LogP contribution in [0.4, 0.5) is 10.1 Å². The Kier molecular flexibility index (Phi) is 4.55. The summed E-state index contributed by atoms with van der Waals surface area (Å²) in [6.07, 6.45) is 0.585. The Morgan fingerprint density at radius 2 is 2.00 bits per heavy atom. The lowest BCUT2D eigenvalue weighted by molar-refractivity contribution is -0.117. The van der Waals surface area contributed by atoms with E-state index in [1.54, 1.807) is 31.4 Å². The number of nitrogens with one attached hydrogen (secondary N) is 3. The smallest absolute Gasteiger partial charge is 0.242 e. The maximum atomic E-state index is 13.0. The van der Waals surface area contributed by atoms with Gasteiger partial charge in [-0.15, -0.1) is 0 Å². The van der Waals surface area contributed by atoms with E-state index in [0.29, 0.717) is 17.9 Å². The van der Waals surface area contributed by atoms with Crippen LogP contribution in [0.3, 0.4) is 0 Å². The normalized spacial score (nSPS) is 20.3. The number of benzene rings is 2. The zero-order valence-electron chi connectivity index (χ0n) is 12.7. The third-order valence-corrected chi connectivity index (χ3v) is 3.83. The Hall–Kier alpha value is -2.44. The summed E-state index contributed by atoms with van der Waals surface area (Å²) in [5.74, 6) is 0.284. The molecule has 23 heavy (non-hydrogen) atoms. The van der Waals surface area contributed by atoms with Gasteiger partial charge in [0, 0.05) is 17.8 Å². The van der Waals surface area contributed by atoms with E-state index in [2.05, 4.69) is 16.2 Å². The number of carbonyl (C=O) groups excluding carboxylic acids is 1. The fourth-order valence-corrected chi connectivity index (χ4v) is 2.57. The number of methoxy groups -OCH3 is 1. The Morgan fingerprint density at radius 1 is 1.22 bits per heavy atom. The fraction of sp³-hybridized carbons (Fsp3) is 0.235. The van der Waals surface area contributed by atoms with Crippen LogP contribution < -0.4 is 20.9 Å². The highest BCUT2D eigenvalue weighted by Gasteiger charge is 2.30. The number of hydrogen-bond acceptors (Lipinski definition) is 4. The molecule has 0 aromatic heterocycles. The summed E-state index contributed by atoms with van der Waals surface area (Å²) in [7, 11) is 1.58. The highest BCUT2D eigenvalue weighted by Crippen LogP contribution is 2.23. The molecule has 1 fully saturated rings. The van der Waals surface area contributed by atoms with Crippen LogP contribution in [0.25, 0.3) is 0 Å². The lowest BCUT2D eigenvalue weighted by atomic mass is 10.0. The van der Waals surface area contributed by atoms with Gasteiger partial charge in [0.25, 0.3) is 0 Å². The minimum Gasteiger partial charge on any atom is -0.497 e. The molecule has 0 saturated carbocycles. The molecule has 2 unspecified atom stereocenters. The molecule has 2 atom stereocenters. The van der Waals surface area contributed by atoms with Crippen molar-refractivity contribution in [3.05, 3.63) is 59.9 Å². The lowest BCUT2D eigenvalue weighted by Crippen LogP contribution is -2.39. The third-order valence-electron chi connectivity index (χ3n) is 3.83. The van der Waals surface area contributed by atoms with Gasteiger partial charge in [-0.05, 0) is 36.2 Å². The molecule has 5 nitrogen and oxygen atoms in total. The maximum absolute atomic E-state index is 13.0. The number of hydrogen-bond donors (Lipinski definition) is 3. The van der Waals surface area contributed by atoms with Crippen LogP contribution in [-0.2, 0) is 4.79 Å². The molecule has 120 valence electrons. The van der Waals surface area contributed by atoms with Crippen molar-refractivity contribution in [3.8, 4) is 5.75 Å². The molecular weight excluding hydrogens is 297 g/mol. The summed E-state index contributed by atoms with van der Waals surface area (Å²) in [5, 5.41) is 2.86. The molecular formula is C17H18FN3O2. The first-order chi connectivity index (χ1) is 11.2. The van der Waals surface area contributed by atoms with E-state index >= 15 is 0 Å². The van der Waals surface area contributed by atoms with Crippen LogP contribution in [0.5, 0.6) is 5.75 Å². The van der Waals surface area contributed by atoms with Gasteiger partial charge in [0.2, 0.25) is 5.91 Å². The van der Waals surface area contributed by atoms with Gasteiger partial charge in [-0.3, -0.25) is 4.79 Å². The van der Waals surface area contributed by atoms with Crippen molar-refractivity contribution >= 4 is 11.6 Å². The molecule has 1 heterocycles. The Morgan fingerprint density at radius 3 is 2.74 bits per heavy atom. The summed E-state index contributed by atoms with van der Waals surface area (Å²) in [4.78, 5) is 12.3. The molecule has 0 radical (unpaired) electrons. The third kappa shape index (κ3) is 3.67. The largest absolute Gasteiger partial charge is 0.497 e. The van der Waals surface area contributed by atoms with Crippen LogP contribution in [0.15, 0.2) is 48.5 Å². The van der Waals surface area contributed by atoms with E-state index in [1.807, 2.05) is 12.1 Å². The average molecular weight is 315 g/mol. The van der Waals surface area contributed by atoms with E-state index in [9.17, 15) is 9.18 Å². The van der Waals surface area contributed by atoms with Gasteiger partial charge in [0.05, 0.1) is 7.11 Å². The van der Waals surface area contributed by atoms with Crippen molar-refractivity contribution < 1.29 is 13.9 Å². The van der Waals surface area contributed by atoms with Crippen molar-refractivity contribution in [1.29, 1.82) is 0 Å². The fourth-order valence-electron chi connectivity index (χ4n) is 2.57. The van der Waals surface area contributed by atoms with Gasteiger partial charge in [-0.2, -0.15) is 0 Å². The van der Waals surface area contributed by atoms with Gasteiger partial charge >= 0.3 is 0 Å². The quantitative estimate of drug-likeness (QED) is 0.811. The van der Waals surface area contributed by atoms with Crippen LogP contribution >= 0.6 is 0 Å². The maximum Gasteiger partial charge on any atom is 0.242 e. The Labute approximate surface area is 133 Å². The zero-order valence-corrected chi connectivity index (χ0v) is 12.7. The summed E-state index contributed by atoms with van der Waals surface area (Å²) in [6, 6.07) is 13.1. The molecule has 3 rings (SSSR count). The first-order valence-corrected chi connectivity index (χ1v) is 7.37.